The van der Waals surface area contributed by atoms with Crippen molar-refractivity contribution in [3.63, 3.8) is 0 Å². The quantitative estimate of drug-likeness (QED) is 0.721. The highest BCUT2D eigenvalue weighted by atomic mass is 19.1. The van der Waals surface area contributed by atoms with E-state index in [1.54, 1.807) is 6.07 Å². The Hall–Kier alpha value is -1.99. The van der Waals surface area contributed by atoms with Crippen LogP contribution in [0.15, 0.2) is 18.2 Å². The van der Waals surface area contributed by atoms with Crippen LogP contribution in [0, 0.1) is 11.7 Å². The van der Waals surface area contributed by atoms with Gasteiger partial charge in [0.1, 0.15) is 24.9 Å². The summed E-state index contributed by atoms with van der Waals surface area (Å²) in [5.41, 5.74) is 1.27. The predicted octanol–water partition coefficient (Wildman–Crippen LogP) is 1.88. The van der Waals surface area contributed by atoms with Crippen LogP contribution in [0.2, 0.25) is 0 Å². The molecule has 6 nitrogen and oxygen atoms in total. The number of amides is 1. The number of benzene rings is 1. The van der Waals surface area contributed by atoms with Crippen LogP contribution in [0.4, 0.5) is 4.39 Å². The molecule has 1 saturated carbocycles. The molecule has 1 heterocycles. The van der Waals surface area contributed by atoms with Crippen molar-refractivity contribution in [1.29, 1.82) is 0 Å². The molecule has 2 aromatic rings. The van der Waals surface area contributed by atoms with E-state index in [-0.39, 0.29) is 37.1 Å². The van der Waals surface area contributed by atoms with Gasteiger partial charge in [0.25, 0.3) is 0 Å². The van der Waals surface area contributed by atoms with Gasteiger partial charge in [0.15, 0.2) is 0 Å². The van der Waals surface area contributed by atoms with E-state index in [9.17, 15) is 14.3 Å². The number of aliphatic hydroxyl groups is 1. The summed E-state index contributed by atoms with van der Waals surface area (Å²) in [6.07, 6.45) is 2.10. The molecule has 1 aliphatic carbocycles. The van der Waals surface area contributed by atoms with E-state index in [1.165, 1.54) is 12.1 Å². The number of carbonyl (C=O) groups is 1. The van der Waals surface area contributed by atoms with E-state index in [0.717, 1.165) is 19.3 Å². The second-order valence-corrected chi connectivity index (χ2v) is 6.31. The van der Waals surface area contributed by atoms with Gasteiger partial charge in [0, 0.05) is 6.04 Å². The number of fused-ring (bicyclic) bond motifs is 1. The minimum atomic E-state index is -0.329. The Morgan fingerprint density at radius 2 is 2.33 bits per heavy atom. The molecule has 24 heavy (non-hydrogen) atoms. The standard InChI is InChI=1S/C17H22FN3O3/c1-2-13(10-5-12(22)6-10)21-17(23)9-24-8-16-19-14-4-3-11(18)7-15(14)20-16/h3-4,7,10,12-13,22H,2,5-6,8-9H2,1H3,(H,19,20)(H,21,23). The first-order valence-electron chi connectivity index (χ1n) is 8.24. The fourth-order valence-corrected chi connectivity index (χ4v) is 3.10. The SMILES string of the molecule is CCC(NC(=O)COCc1nc2ccc(F)cc2[nH]1)C1CC(O)C1. The van der Waals surface area contributed by atoms with Gasteiger partial charge in [0.05, 0.1) is 17.1 Å². The highest BCUT2D eigenvalue weighted by Gasteiger charge is 2.33. The Bertz CT molecular complexity index is 712. The normalized spacial score (nSPS) is 21.5. The van der Waals surface area contributed by atoms with Crippen LogP contribution < -0.4 is 5.32 Å². The molecule has 0 saturated heterocycles. The minimum absolute atomic E-state index is 0.0584. The van der Waals surface area contributed by atoms with E-state index in [2.05, 4.69) is 15.3 Å². The number of nitrogens with zero attached hydrogens (tertiary/aromatic N) is 1. The molecule has 3 N–H and O–H groups in total. The highest BCUT2D eigenvalue weighted by molar-refractivity contribution is 5.77. The number of rotatable bonds is 7. The zero-order valence-electron chi connectivity index (χ0n) is 13.6. The second-order valence-electron chi connectivity index (χ2n) is 6.31. The Balaban J connectivity index is 1.45. The number of aromatic amines is 1. The van der Waals surface area contributed by atoms with Gasteiger partial charge >= 0.3 is 0 Å². The number of imidazole rings is 1. The molecule has 0 aliphatic heterocycles. The van der Waals surface area contributed by atoms with Gasteiger partial charge in [-0.25, -0.2) is 9.37 Å². The number of hydrogen-bond acceptors (Lipinski definition) is 4. The van der Waals surface area contributed by atoms with Crippen LogP contribution in [0.25, 0.3) is 11.0 Å². The van der Waals surface area contributed by atoms with Crippen LogP contribution in [0.1, 0.15) is 32.0 Å². The number of carbonyl (C=O) groups excluding carboxylic acids is 1. The van der Waals surface area contributed by atoms with Crippen molar-refractivity contribution in [1.82, 2.24) is 15.3 Å². The maximum absolute atomic E-state index is 13.1. The molecular formula is C17H22FN3O3. The van der Waals surface area contributed by atoms with E-state index in [1.807, 2.05) is 6.92 Å². The number of aromatic nitrogens is 2. The molecule has 0 radical (unpaired) electrons. The lowest BCUT2D eigenvalue weighted by Crippen LogP contribution is -2.47. The third-order valence-corrected chi connectivity index (χ3v) is 4.47. The molecule has 0 spiro atoms. The van der Waals surface area contributed by atoms with Gasteiger partial charge < -0.3 is 20.1 Å². The van der Waals surface area contributed by atoms with Crippen LogP contribution in [0.5, 0.6) is 0 Å². The Morgan fingerprint density at radius 1 is 1.54 bits per heavy atom. The van der Waals surface area contributed by atoms with E-state index in [4.69, 9.17) is 4.74 Å². The molecule has 1 unspecified atom stereocenters. The number of ether oxygens (including phenoxy) is 1. The molecule has 7 heteroatoms. The second kappa shape index (κ2) is 7.27. The number of aliphatic hydroxyl groups excluding tert-OH is 1. The minimum Gasteiger partial charge on any atom is -0.393 e. The zero-order valence-corrected chi connectivity index (χ0v) is 13.6. The summed E-state index contributed by atoms with van der Waals surface area (Å²) in [5.74, 6) is 0.395. The predicted molar refractivity (Wildman–Crippen MR) is 86.7 cm³/mol. The van der Waals surface area contributed by atoms with Crippen LogP contribution in [-0.2, 0) is 16.1 Å². The first-order valence-corrected chi connectivity index (χ1v) is 8.24. The molecular weight excluding hydrogens is 313 g/mol. The first-order chi connectivity index (χ1) is 11.5. The Kier molecular flexibility index (Phi) is 5.11. The fourth-order valence-electron chi connectivity index (χ4n) is 3.10. The first kappa shape index (κ1) is 16.9. The fraction of sp³-hybridized carbons (Fsp3) is 0.529. The Morgan fingerprint density at radius 3 is 3.04 bits per heavy atom. The lowest BCUT2D eigenvalue weighted by Gasteiger charge is -2.37. The lowest BCUT2D eigenvalue weighted by molar-refractivity contribution is -0.128. The summed E-state index contributed by atoms with van der Waals surface area (Å²) in [7, 11) is 0. The van der Waals surface area contributed by atoms with Crippen molar-refractivity contribution in [3.8, 4) is 0 Å². The largest absolute Gasteiger partial charge is 0.393 e. The molecule has 1 aromatic heterocycles. The molecule has 0 bridgehead atoms. The molecule has 1 amide bonds. The average molecular weight is 335 g/mol. The number of H-pyrrole nitrogens is 1. The molecule has 1 aromatic carbocycles. The Labute approximate surface area is 139 Å². The zero-order chi connectivity index (χ0) is 17.1. The van der Waals surface area contributed by atoms with E-state index >= 15 is 0 Å². The summed E-state index contributed by atoms with van der Waals surface area (Å²) < 4.78 is 18.5. The van der Waals surface area contributed by atoms with Gasteiger partial charge in [-0.05, 0) is 43.4 Å². The van der Waals surface area contributed by atoms with Crippen LogP contribution in [0.3, 0.4) is 0 Å². The van der Waals surface area contributed by atoms with Gasteiger partial charge in [-0.3, -0.25) is 4.79 Å². The van der Waals surface area contributed by atoms with Crippen molar-refractivity contribution < 1.29 is 19.0 Å². The van der Waals surface area contributed by atoms with Gasteiger partial charge in [0.2, 0.25) is 5.91 Å². The summed E-state index contributed by atoms with van der Waals surface area (Å²) >= 11 is 0. The van der Waals surface area contributed by atoms with Gasteiger partial charge in [-0.2, -0.15) is 0 Å². The van der Waals surface area contributed by atoms with Crippen LogP contribution >= 0.6 is 0 Å². The highest BCUT2D eigenvalue weighted by Crippen LogP contribution is 2.31. The van der Waals surface area contributed by atoms with Crippen molar-refractivity contribution in [2.24, 2.45) is 5.92 Å². The molecule has 130 valence electrons. The summed E-state index contributed by atoms with van der Waals surface area (Å²) in [4.78, 5) is 19.2. The third kappa shape index (κ3) is 3.91. The maximum atomic E-state index is 13.1. The van der Waals surface area contributed by atoms with E-state index in [0.29, 0.717) is 22.8 Å². The van der Waals surface area contributed by atoms with Crippen molar-refractivity contribution >= 4 is 16.9 Å². The maximum Gasteiger partial charge on any atom is 0.246 e. The summed E-state index contributed by atoms with van der Waals surface area (Å²) in [6, 6.07) is 4.40. The van der Waals surface area contributed by atoms with Crippen LogP contribution in [-0.4, -0.2) is 39.7 Å². The molecule has 1 fully saturated rings. The molecule has 3 rings (SSSR count). The molecule has 1 aliphatic rings. The summed E-state index contributed by atoms with van der Waals surface area (Å²) in [5, 5.41) is 12.3. The number of nitrogens with one attached hydrogen (secondary N) is 2. The number of halogens is 1. The number of hydrogen-bond donors (Lipinski definition) is 3. The monoisotopic (exact) mass is 335 g/mol. The summed E-state index contributed by atoms with van der Waals surface area (Å²) in [6.45, 7) is 2.11. The van der Waals surface area contributed by atoms with Crippen molar-refractivity contribution in [3.05, 3.63) is 29.8 Å². The van der Waals surface area contributed by atoms with E-state index < -0.39 is 0 Å². The third-order valence-electron chi connectivity index (χ3n) is 4.47. The molecule has 1 atom stereocenters. The van der Waals surface area contributed by atoms with Crippen molar-refractivity contribution in [2.45, 2.75) is 44.9 Å². The van der Waals surface area contributed by atoms with Gasteiger partial charge in [-0.15, -0.1) is 0 Å². The topological polar surface area (TPSA) is 87.2 Å². The van der Waals surface area contributed by atoms with Crippen molar-refractivity contribution in [2.75, 3.05) is 6.61 Å². The lowest BCUT2D eigenvalue weighted by atomic mass is 9.76. The smallest absolute Gasteiger partial charge is 0.246 e. The van der Waals surface area contributed by atoms with Gasteiger partial charge in [-0.1, -0.05) is 6.92 Å². The average Bonchev–Trinajstić information content (AvgIpc) is 2.91.